The molecule has 158 valence electrons. The van der Waals surface area contributed by atoms with Crippen molar-refractivity contribution in [3.8, 4) is 23.7 Å². The van der Waals surface area contributed by atoms with Gasteiger partial charge >= 0.3 is 0 Å². The Hall–Kier alpha value is -1.18. The van der Waals surface area contributed by atoms with Crippen LogP contribution in [0.3, 0.4) is 0 Å². The molecule has 0 unspecified atom stereocenters. The summed E-state index contributed by atoms with van der Waals surface area (Å²) in [5.41, 5.74) is 2.48. The third-order valence-corrected chi connectivity index (χ3v) is 9.84. The van der Waals surface area contributed by atoms with Crippen molar-refractivity contribution < 1.29 is 5.11 Å². The minimum atomic E-state index is -0.0946. The minimum Gasteiger partial charge on any atom is -0.393 e. The lowest BCUT2D eigenvalue weighted by Gasteiger charge is -2.58. The predicted molar refractivity (Wildman–Crippen MR) is 121 cm³/mol. The lowest BCUT2D eigenvalue weighted by molar-refractivity contribution is -0.0570. The zero-order valence-corrected chi connectivity index (χ0v) is 19.1. The van der Waals surface area contributed by atoms with Crippen LogP contribution in [0.25, 0.3) is 0 Å². The van der Waals surface area contributed by atoms with Gasteiger partial charge in [0, 0.05) is 6.42 Å². The maximum absolute atomic E-state index is 10.2. The molecule has 0 spiro atoms. The molecule has 4 rings (SSSR count). The van der Waals surface area contributed by atoms with Crippen LogP contribution in [-0.4, -0.2) is 11.2 Å². The average molecular weight is 393 g/mol. The van der Waals surface area contributed by atoms with E-state index < -0.39 is 0 Å². The zero-order chi connectivity index (χ0) is 20.6. The van der Waals surface area contributed by atoms with Crippen molar-refractivity contribution in [2.75, 3.05) is 0 Å². The van der Waals surface area contributed by atoms with Gasteiger partial charge < -0.3 is 5.11 Å². The van der Waals surface area contributed by atoms with E-state index in [2.05, 4.69) is 50.5 Å². The van der Waals surface area contributed by atoms with Crippen molar-refractivity contribution >= 4 is 0 Å². The number of allylic oxidation sites excluding steroid dienone is 1. The summed E-state index contributed by atoms with van der Waals surface area (Å²) in [6, 6.07) is 0. The molecular weight excluding hydrogens is 352 g/mol. The SMILES string of the molecule is CC#CC#CCC[C@@H](C)[C@H]1CC[C@H]2[C@@H]3CC=C4C[C@@H](O)CC[C@]4(C)[C@H]3CC[C@]12C. The summed E-state index contributed by atoms with van der Waals surface area (Å²) >= 11 is 0. The van der Waals surface area contributed by atoms with Crippen molar-refractivity contribution in [2.45, 2.75) is 98.0 Å². The lowest BCUT2D eigenvalue weighted by Crippen LogP contribution is -2.50. The van der Waals surface area contributed by atoms with Gasteiger partial charge in [0.25, 0.3) is 0 Å². The van der Waals surface area contributed by atoms with Gasteiger partial charge in [0.15, 0.2) is 0 Å². The summed E-state index contributed by atoms with van der Waals surface area (Å²) in [6.07, 6.45) is 14.7. The molecule has 8 atom stereocenters. The summed E-state index contributed by atoms with van der Waals surface area (Å²) in [4.78, 5) is 0. The highest BCUT2D eigenvalue weighted by Gasteiger charge is 2.59. The van der Waals surface area contributed by atoms with Crippen LogP contribution in [0.2, 0.25) is 0 Å². The molecule has 0 amide bonds. The van der Waals surface area contributed by atoms with E-state index >= 15 is 0 Å². The van der Waals surface area contributed by atoms with E-state index in [0.29, 0.717) is 10.8 Å². The largest absolute Gasteiger partial charge is 0.393 e. The fraction of sp³-hybridized carbons (Fsp3) is 0.786. The van der Waals surface area contributed by atoms with Crippen LogP contribution in [0, 0.1) is 64.1 Å². The van der Waals surface area contributed by atoms with Crippen LogP contribution in [0.5, 0.6) is 0 Å². The Kier molecular flexibility index (Phi) is 5.93. The summed E-state index contributed by atoms with van der Waals surface area (Å²) in [7, 11) is 0. The zero-order valence-electron chi connectivity index (χ0n) is 19.1. The monoisotopic (exact) mass is 392 g/mol. The summed E-state index contributed by atoms with van der Waals surface area (Å²) < 4.78 is 0. The third-order valence-electron chi connectivity index (χ3n) is 9.84. The molecule has 0 aromatic heterocycles. The Morgan fingerprint density at radius 3 is 2.72 bits per heavy atom. The van der Waals surface area contributed by atoms with Gasteiger partial charge in [-0.05, 0) is 117 Å². The maximum Gasteiger partial charge on any atom is 0.0577 e. The molecular formula is C28H40O. The number of hydrogen-bond acceptors (Lipinski definition) is 1. The van der Waals surface area contributed by atoms with E-state index in [1.807, 2.05) is 6.92 Å². The molecule has 0 saturated heterocycles. The average Bonchev–Trinajstić information content (AvgIpc) is 3.05. The highest BCUT2D eigenvalue weighted by atomic mass is 16.3. The van der Waals surface area contributed by atoms with E-state index in [4.69, 9.17) is 0 Å². The van der Waals surface area contributed by atoms with Gasteiger partial charge in [-0.2, -0.15) is 0 Å². The fourth-order valence-electron chi connectivity index (χ4n) is 8.29. The number of rotatable bonds is 3. The van der Waals surface area contributed by atoms with Gasteiger partial charge in [0.2, 0.25) is 0 Å². The van der Waals surface area contributed by atoms with Crippen LogP contribution in [0.1, 0.15) is 91.9 Å². The smallest absolute Gasteiger partial charge is 0.0577 e. The highest BCUT2D eigenvalue weighted by molar-refractivity contribution is 5.26. The van der Waals surface area contributed by atoms with Gasteiger partial charge in [-0.25, -0.2) is 0 Å². The van der Waals surface area contributed by atoms with Gasteiger partial charge in [-0.1, -0.05) is 44.3 Å². The molecule has 1 nitrogen and oxygen atoms in total. The summed E-state index contributed by atoms with van der Waals surface area (Å²) in [5.74, 6) is 16.2. The molecule has 3 saturated carbocycles. The van der Waals surface area contributed by atoms with Crippen LogP contribution < -0.4 is 0 Å². The normalized spacial score (nSPS) is 44.0. The Labute approximate surface area is 179 Å². The molecule has 0 radical (unpaired) electrons. The number of fused-ring (bicyclic) bond motifs is 5. The van der Waals surface area contributed by atoms with Crippen LogP contribution in [0.4, 0.5) is 0 Å². The number of hydrogen-bond donors (Lipinski definition) is 1. The van der Waals surface area contributed by atoms with Crippen molar-refractivity contribution in [3.05, 3.63) is 11.6 Å². The quantitative estimate of drug-likeness (QED) is 0.437. The summed E-state index contributed by atoms with van der Waals surface area (Å²) in [5, 5.41) is 10.2. The van der Waals surface area contributed by atoms with Crippen molar-refractivity contribution in [2.24, 2.45) is 40.4 Å². The standard InChI is InChI=1S/C28H40O/c1-5-6-7-8-9-10-20(2)24-13-14-25-23-12-11-21-19-22(29)15-17-27(21,3)26(23)16-18-28(24,25)4/h11,20,22-26,29H,9-10,12-19H2,1-4H3/t20-,22+,23+,24-,25+,26+,27+,28-/m1/s1. The Morgan fingerprint density at radius 2 is 1.93 bits per heavy atom. The molecule has 0 bridgehead atoms. The minimum absolute atomic E-state index is 0.0946. The van der Waals surface area contributed by atoms with Crippen molar-refractivity contribution in [1.82, 2.24) is 0 Å². The van der Waals surface area contributed by atoms with Crippen molar-refractivity contribution in [1.29, 1.82) is 0 Å². The van der Waals surface area contributed by atoms with Gasteiger partial charge in [0.1, 0.15) is 0 Å². The Balaban J connectivity index is 1.48. The van der Waals surface area contributed by atoms with E-state index in [1.165, 1.54) is 44.9 Å². The van der Waals surface area contributed by atoms with Crippen molar-refractivity contribution in [3.63, 3.8) is 0 Å². The van der Waals surface area contributed by atoms with Gasteiger partial charge in [0.05, 0.1) is 6.10 Å². The Bertz CT molecular complexity index is 770. The number of aliphatic hydroxyl groups excluding tert-OH is 1. The molecule has 3 fully saturated rings. The van der Waals surface area contributed by atoms with Gasteiger partial charge in [-0.15, -0.1) is 0 Å². The van der Waals surface area contributed by atoms with E-state index in [1.54, 1.807) is 5.57 Å². The van der Waals surface area contributed by atoms with Gasteiger partial charge in [-0.3, -0.25) is 0 Å². The first kappa shape index (κ1) is 21.1. The molecule has 0 aromatic carbocycles. The third kappa shape index (κ3) is 3.59. The molecule has 1 heteroatoms. The Morgan fingerprint density at radius 1 is 1.10 bits per heavy atom. The second kappa shape index (κ2) is 8.16. The van der Waals surface area contributed by atoms with E-state index in [-0.39, 0.29) is 6.10 Å². The molecule has 29 heavy (non-hydrogen) atoms. The highest BCUT2D eigenvalue weighted by Crippen LogP contribution is 2.67. The second-order valence-electron chi connectivity index (χ2n) is 11.1. The lowest BCUT2D eigenvalue weighted by atomic mass is 9.47. The molecule has 0 aliphatic heterocycles. The second-order valence-corrected chi connectivity index (χ2v) is 11.1. The number of aliphatic hydroxyl groups is 1. The molecule has 0 aromatic rings. The van der Waals surface area contributed by atoms with Crippen LogP contribution >= 0.6 is 0 Å². The maximum atomic E-state index is 10.2. The van der Waals surface area contributed by atoms with E-state index in [0.717, 1.165) is 48.9 Å². The summed E-state index contributed by atoms with van der Waals surface area (Å²) in [6.45, 7) is 9.52. The first-order valence-electron chi connectivity index (χ1n) is 12.2. The van der Waals surface area contributed by atoms with Crippen LogP contribution in [0.15, 0.2) is 11.6 Å². The molecule has 4 aliphatic rings. The van der Waals surface area contributed by atoms with Crippen LogP contribution in [-0.2, 0) is 0 Å². The first-order valence-corrected chi connectivity index (χ1v) is 12.2. The molecule has 0 heterocycles. The van der Waals surface area contributed by atoms with E-state index in [9.17, 15) is 5.11 Å². The fourth-order valence-corrected chi connectivity index (χ4v) is 8.29. The molecule has 1 N–H and O–H groups in total. The molecule has 4 aliphatic carbocycles. The topological polar surface area (TPSA) is 20.2 Å². The first-order chi connectivity index (χ1) is 13.9. The predicted octanol–water partition coefficient (Wildman–Crippen LogP) is 6.37.